The zero-order valence-electron chi connectivity index (χ0n) is 13.0. The number of aromatic hydroxyl groups is 1. The Morgan fingerprint density at radius 3 is 2.38 bits per heavy atom. The molecule has 0 fully saturated rings. The highest BCUT2D eigenvalue weighted by Crippen LogP contribution is 2.10. The van der Waals surface area contributed by atoms with E-state index in [0.717, 1.165) is 5.56 Å². The van der Waals surface area contributed by atoms with E-state index >= 15 is 0 Å². The van der Waals surface area contributed by atoms with Crippen LogP contribution in [0.25, 0.3) is 0 Å². The van der Waals surface area contributed by atoms with Crippen LogP contribution in [-0.4, -0.2) is 30.2 Å². The molecule has 0 atom stereocenters. The van der Waals surface area contributed by atoms with Gasteiger partial charge in [0.05, 0.1) is 13.3 Å². The molecular weight excluding hydrogens is 310 g/mol. The summed E-state index contributed by atoms with van der Waals surface area (Å²) in [6.45, 7) is 0.220. The van der Waals surface area contributed by atoms with Gasteiger partial charge in [0.2, 0.25) is 0 Å². The molecule has 7 heteroatoms. The Morgan fingerprint density at radius 2 is 1.75 bits per heavy atom. The molecule has 0 aromatic heterocycles. The van der Waals surface area contributed by atoms with Gasteiger partial charge in [-0.3, -0.25) is 9.59 Å². The van der Waals surface area contributed by atoms with Crippen LogP contribution in [0.1, 0.15) is 11.1 Å². The van der Waals surface area contributed by atoms with E-state index in [-0.39, 0.29) is 12.3 Å². The van der Waals surface area contributed by atoms with Crippen molar-refractivity contribution in [2.24, 2.45) is 5.10 Å². The van der Waals surface area contributed by atoms with Crippen LogP contribution in [0.3, 0.4) is 0 Å². The summed E-state index contributed by atoms with van der Waals surface area (Å²) in [7, 11) is 1.57. The molecule has 0 heterocycles. The van der Waals surface area contributed by atoms with Crippen LogP contribution in [0.4, 0.5) is 0 Å². The van der Waals surface area contributed by atoms with Gasteiger partial charge in [-0.25, -0.2) is 5.43 Å². The van der Waals surface area contributed by atoms with Crippen molar-refractivity contribution in [3.8, 4) is 11.5 Å². The molecule has 2 aromatic rings. The third kappa shape index (κ3) is 5.13. The Balaban J connectivity index is 1.79. The number of hydrogen-bond acceptors (Lipinski definition) is 5. The highest BCUT2D eigenvalue weighted by atomic mass is 16.5. The second kappa shape index (κ2) is 8.33. The first kappa shape index (κ1) is 17.0. The maximum atomic E-state index is 11.7. The summed E-state index contributed by atoms with van der Waals surface area (Å²) >= 11 is 0. The maximum absolute atomic E-state index is 11.7. The first-order chi connectivity index (χ1) is 11.6. The lowest BCUT2D eigenvalue weighted by Gasteiger charge is -2.05. The van der Waals surface area contributed by atoms with E-state index in [1.54, 1.807) is 43.5 Å². The minimum atomic E-state index is -0.862. The highest BCUT2D eigenvalue weighted by molar-refractivity contribution is 6.35. The van der Waals surface area contributed by atoms with Gasteiger partial charge in [-0.2, -0.15) is 5.10 Å². The van der Waals surface area contributed by atoms with Crippen LogP contribution >= 0.6 is 0 Å². The monoisotopic (exact) mass is 327 g/mol. The number of rotatable bonds is 5. The summed E-state index contributed by atoms with van der Waals surface area (Å²) in [6, 6.07) is 13.3. The van der Waals surface area contributed by atoms with Crippen molar-refractivity contribution >= 4 is 18.0 Å². The van der Waals surface area contributed by atoms with Gasteiger partial charge < -0.3 is 15.2 Å². The Labute approximate surface area is 139 Å². The number of phenols is 1. The molecule has 2 aromatic carbocycles. The number of methoxy groups -OCH3 is 1. The maximum Gasteiger partial charge on any atom is 0.329 e. The van der Waals surface area contributed by atoms with E-state index < -0.39 is 11.8 Å². The fraction of sp³-hybridized carbons (Fsp3) is 0.118. The minimum absolute atomic E-state index is 0.133. The molecule has 0 saturated carbocycles. The van der Waals surface area contributed by atoms with Crippen LogP contribution in [-0.2, 0) is 16.1 Å². The Morgan fingerprint density at radius 1 is 1.08 bits per heavy atom. The van der Waals surface area contributed by atoms with Crippen molar-refractivity contribution < 1.29 is 19.4 Å². The van der Waals surface area contributed by atoms with Crippen molar-refractivity contribution in [1.29, 1.82) is 0 Å². The summed E-state index contributed by atoms with van der Waals surface area (Å²) in [5.41, 5.74) is 3.65. The second-order valence-corrected chi connectivity index (χ2v) is 4.82. The fourth-order valence-electron chi connectivity index (χ4n) is 1.78. The Kier molecular flexibility index (Phi) is 5.90. The van der Waals surface area contributed by atoms with Gasteiger partial charge >= 0.3 is 11.8 Å². The van der Waals surface area contributed by atoms with E-state index in [4.69, 9.17) is 9.84 Å². The smallest absolute Gasteiger partial charge is 0.329 e. The van der Waals surface area contributed by atoms with Crippen LogP contribution in [0.15, 0.2) is 53.6 Å². The number of phenolic OH excluding ortho intramolecular Hbond substituents is 1. The highest BCUT2D eigenvalue weighted by Gasteiger charge is 2.11. The number of hydrogen-bond donors (Lipinski definition) is 3. The molecule has 0 bridgehead atoms. The lowest BCUT2D eigenvalue weighted by molar-refractivity contribution is -0.139. The van der Waals surface area contributed by atoms with Crippen molar-refractivity contribution in [2.45, 2.75) is 6.54 Å². The number of amides is 2. The molecule has 0 saturated heterocycles. The Hall–Kier alpha value is -3.35. The van der Waals surface area contributed by atoms with Crippen LogP contribution < -0.4 is 15.5 Å². The van der Waals surface area contributed by atoms with Crippen molar-refractivity contribution in [3.05, 3.63) is 59.7 Å². The molecule has 0 unspecified atom stereocenters. The molecule has 0 aliphatic carbocycles. The quantitative estimate of drug-likeness (QED) is 0.436. The molecule has 0 spiro atoms. The summed E-state index contributed by atoms with van der Waals surface area (Å²) in [5.74, 6) is -0.798. The number of carbonyl (C=O) groups is 2. The zero-order valence-corrected chi connectivity index (χ0v) is 13.0. The first-order valence-corrected chi connectivity index (χ1v) is 7.11. The standard InChI is InChI=1S/C17H17N3O4/c1-24-15-8-4-12(5-9-15)10-18-16(22)17(23)20-19-11-13-2-6-14(21)7-3-13/h2-9,11,21H,10H2,1H3,(H,18,22)(H,20,23)/b19-11-. The topological polar surface area (TPSA) is 100 Å². The first-order valence-electron chi connectivity index (χ1n) is 7.11. The number of nitrogens with zero attached hydrogens (tertiary/aromatic N) is 1. The van der Waals surface area contributed by atoms with E-state index in [2.05, 4.69) is 15.8 Å². The number of benzene rings is 2. The van der Waals surface area contributed by atoms with Crippen LogP contribution in [0.2, 0.25) is 0 Å². The summed E-state index contributed by atoms with van der Waals surface area (Å²) in [6.07, 6.45) is 1.37. The fourth-order valence-corrected chi connectivity index (χ4v) is 1.78. The van der Waals surface area contributed by atoms with Crippen molar-refractivity contribution in [3.63, 3.8) is 0 Å². The van der Waals surface area contributed by atoms with E-state index in [1.807, 2.05) is 0 Å². The zero-order chi connectivity index (χ0) is 17.4. The van der Waals surface area contributed by atoms with Crippen LogP contribution in [0, 0.1) is 0 Å². The molecule has 7 nitrogen and oxygen atoms in total. The normalized spacial score (nSPS) is 10.4. The average Bonchev–Trinajstić information content (AvgIpc) is 2.61. The molecular formula is C17H17N3O4. The van der Waals surface area contributed by atoms with Crippen molar-refractivity contribution in [1.82, 2.24) is 10.7 Å². The third-order valence-corrected chi connectivity index (χ3v) is 3.09. The van der Waals surface area contributed by atoms with Gasteiger partial charge in [-0.05, 0) is 47.5 Å². The van der Waals surface area contributed by atoms with E-state index in [1.165, 1.54) is 18.3 Å². The number of carbonyl (C=O) groups excluding carboxylic acids is 2. The molecule has 124 valence electrons. The van der Waals surface area contributed by atoms with Gasteiger partial charge in [0.1, 0.15) is 11.5 Å². The lowest BCUT2D eigenvalue weighted by Crippen LogP contribution is -2.37. The van der Waals surface area contributed by atoms with E-state index in [0.29, 0.717) is 11.3 Å². The Bertz CT molecular complexity index is 725. The number of ether oxygens (including phenoxy) is 1. The largest absolute Gasteiger partial charge is 0.508 e. The number of hydrazone groups is 1. The minimum Gasteiger partial charge on any atom is -0.508 e. The second-order valence-electron chi connectivity index (χ2n) is 4.82. The van der Waals surface area contributed by atoms with Gasteiger partial charge in [-0.15, -0.1) is 0 Å². The predicted octanol–water partition coefficient (Wildman–Crippen LogP) is 1.17. The number of nitrogens with one attached hydrogen (secondary N) is 2. The SMILES string of the molecule is COc1ccc(CNC(=O)C(=O)N/N=C\c2ccc(O)cc2)cc1. The molecule has 3 N–H and O–H groups in total. The summed E-state index contributed by atoms with van der Waals surface area (Å²) in [4.78, 5) is 23.3. The molecule has 0 aliphatic heterocycles. The van der Waals surface area contributed by atoms with Gasteiger partial charge in [0, 0.05) is 6.54 Å². The average molecular weight is 327 g/mol. The summed E-state index contributed by atoms with van der Waals surface area (Å²) < 4.78 is 5.04. The molecule has 2 rings (SSSR count). The lowest BCUT2D eigenvalue weighted by atomic mass is 10.2. The summed E-state index contributed by atoms with van der Waals surface area (Å²) in [5, 5.41) is 15.3. The third-order valence-electron chi connectivity index (χ3n) is 3.09. The molecule has 2 amide bonds. The van der Waals surface area contributed by atoms with Gasteiger partial charge in [0.15, 0.2) is 0 Å². The van der Waals surface area contributed by atoms with E-state index in [9.17, 15) is 9.59 Å². The van der Waals surface area contributed by atoms with Gasteiger partial charge in [0.25, 0.3) is 0 Å². The molecule has 0 radical (unpaired) electrons. The van der Waals surface area contributed by atoms with Crippen molar-refractivity contribution in [2.75, 3.05) is 7.11 Å². The molecule has 0 aliphatic rings. The molecule has 24 heavy (non-hydrogen) atoms. The van der Waals surface area contributed by atoms with Gasteiger partial charge in [-0.1, -0.05) is 12.1 Å². The predicted molar refractivity (Wildman–Crippen MR) is 88.7 cm³/mol. The van der Waals surface area contributed by atoms with Crippen LogP contribution in [0.5, 0.6) is 11.5 Å².